The molecule has 0 bridgehead atoms. The van der Waals surface area contributed by atoms with Crippen molar-refractivity contribution in [2.45, 2.75) is 59.2 Å². The molecule has 1 fully saturated rings. The van der Waals surface area contributed by atoms with Crippen LogP contribution in [0.15, 0.2) is 0 Å². The van der Waals surface area contributed by atoms with Crippen LogP contribution in [0, 0.1) is 17.8 Å². The van der Waals surface area contributed by atoms with E-state index in [9.17, 15) is 0 Å². The average Bonchev–Trinajstić information content (AvgIpc) is 2.32. The van der Waals surface area contributed by atoms with Gasteiger partial charge in [-0.1, -0.05) is 0 Å². The zero-order valence-electron chi connectivity index (χ0n) is 10.5. The van der Waals surface area contributed by atoms with Gasteiger partial charge in [0.05, 0.1) is 0 Å². The number of hydrogen-bond acceptors (Lipinski definition) is 0. The summed E-state index contributed by atoms with van der Waals surface area (Å²) in [5, 5.41) is 0.453. The van der Waals surface area contributed by atoms with Crippen molar-refractivity contribution in [3.05, 3.63) is 0 Å². The van der Waals surface area contributed by atoms with Crippen molar-refractivity contribution in [1.82, 2.24) is 0 Å². The topological polar surface area (TPSA) is 0 Å². The van der Waals surface area contributed by atoms with E-state index in [1.165, 1.54) is 19.3 Å². The Balaban J connectivity index is 2.71. The van der Waals surface area contributed by atoms with Gasteiger partial charge in [0.1, 0.15) is 0 Å². The normalized spacial score (nSPS) is 43.1. The fourth-order valence-electron chi connectivity index (χ4n) is 2.90. The molecular formula is C13H25B. The SMILES string of the molecule is CCCC=BC1(C)C(C)CC(C)C1C. The van der Waals surface area contributed by atoms with E-state index >= 15 is 0 Å². The predicted molar refractivity (Wildman–Crippen MR) is 67.2 cm³/mol. The van der Waals surface area contributed by atoms with Gasteiger partial charge in [-0.25, -0.2) is 0 Å². The molecule has 0 aromatic heterocycles. The van der Waals surface area contributed by atoms with Crippen LogP contribution >= 0.6 is 0 Å². The summed E-state index contributed by atoms with van der Waals surface area (Å²) >= 11 is 0. The average molecular weight is 192 g/mol. The number of rotatable bonds is 3. The summed E-state index contributed by atoms with van der Waals surface area (Å²) < 4.78 is 0. The summed E-state index contributed by atoms with van der Waals surface area (Å²) in [7, 11) is 0. The molecule has 4 unspecified atom stereocenters. The molecule has 1 aliphatic carbocycles. The van der Waals surface area contributed by atoms with E-state index in [1.54, 1.807) is 0 Å². The van der Waals surface area contributed by atoms with Crippen molar-refractivity contribution < 1.29 is 0 Å². The zero-order chi connectivity index (χ0) is 10.8. The van der Waals surface area contributed by atoms with Gasteiger partial charge in [-0.15, -0.1) is 0 Å². The second-order valence-corrected chi connectivity index (χ2v) is 5.46. The molecule has 1 saturated carbocycles. The van der Waals surface area contributed by atoms with Gasteiger partial charge in [0.25, 0.3) is 0 Å². The summed E-state index contributed by atoms with van der Waals surface area (Å²) in [5.41, 5.74) is 0. The maximum atomic E-state index is 2.50. The van der Waals surface area contributed by atoms with Gasteiger partial charge in [-0.2, -0.15) is 0 Å². The van der Waals surface area contributed by atoms with Gasteiger partial charge in [0, 0.05) is 0 Å². The second kappa shape index (κ2) is 4.64. The van der Waals surface area contributed by atoms with E-state index in [0.717, 1.165) is 17.8 Å². The molecule has 14 heavy (non-hydrogen) atoms. The minimum absolute atomic E-state index is 0.453. The Labute approximate surface area is 90.4 Å². The Kier molecular flexibility index (Phi) is 3.98. The molecule has 80 valence electrons. The predicted octanol–water partition coefficient (Wildman–Crippen LogP) is 3.78. The first-order valence-corrected chi connectivity index (χ1v) is 6.20. The summed E-state index contributed by atoms with van der Waals surface area (Å²) in [5.74, 6) is 4.97. The van der Waals surface area contributed by atoms with Gasteiger partial charge in [-0.05, 0) is 0 Å². The molecule has 0 aromatic rings. The first-order chi connectivity index (χ1) is 6.52. The van der Waals surface area contributed by atoms with Crippen LogP contribution in [0.4, 0.5) is 0 Å². The van der Waals surface area contributed by atoms with Gasteiger partial charge < -0.3 is 0 Å². The van der Waals surface area contributed by atoms with Crippen LogP contribution in [-0.4, -0.2) is 12.9 Å². The molecule has 0 nitrogen and oxygen atoms in total. The Morgan fingerprint density at radius 3 is 2.43 bits per heavy atom. The van der Waals surface area contributed by atoms with Gasteiger partial charge >= 0.3 is 89.8 Å². The Hall–Kier alpha value is -0.0651. The molecule has 0 spiro atoms. The van der Waals surface area contributed by atoms with Crippen LogP contribution in [0.25, 0.3) is 0 Å². The second-order valence-electron chi connectivity index (χ2n) is 5.46. The quantitative estimate of drug-likeness (QED) is 0.597. The molecule has 4 atom stereocenters. The van der Waals surface area contributed by atoms with Crippen LogP contribution < -0.4 is 0 Å². The molecule has 0 amide bonds. The van der Waals surface area contributed by atoms with Crippen LogP contribution in [-0.2, 0) is 0 Å². The van der Waals surface area contributed by atoms with E-state index in [0.29, 0.717) is 5.31 Å². The first kappa shape index (κ1) is 12.0. The summed E-state index contributed by atoms with van der Waals surface area (Å²) in [6.07, 6.45) is 3.91. The van der Waals surface area contributed by atoms with Crippen molar-refractivity contribution in [3.63, 3.8) is 0 Å². The Morgan fingerprint density at radius 1 is 1.36 bits per heavy atom. The van der Waals surface area contributed by atoms with Crippen molar-refractivity contribution in [2.75, 3.05) is 0 Å². The van der Waals surface area contributed by atoms with E-state index in [2.05, 4.69) is 47.5 Å². The Morgan fingerprint density at radius 2 is 2.00 bits per heavy atom. The zero-order valence-corrected chi connectivity index (χ0v) is 10.5. The van der Waals surface area contributed by atoms with Crippen molar-refractivity contribution >= 4 is 12.9 Å². The molecular weight excluding hydrogens is 167 g/mol. The standard InChI is InChI=1S/C13H25B/c1-6-7-8-14-13(5)11(3)9-10(2)12(13)4/h8,10-12H,6-7,9H2,1-5H3. The van der Waals surface area contributed by atoms with Crippen molar-refractivity contribution in [2.24, 2.45) is 17.8 Å². The summed E-state index contributed by atoms with van der Waals surface area (Å²) in [4.78, 5) is 0. The molecule has 1 aliphatic rings. The summed E-state index contributed by atoms with van der Waals surface area (Å²) in [6.45, 7) is 14.4. The third-order valence-corrected chi connectivity index (χ3v) is 4.55. The van der Waals surface area contributed by atoms with Crippen molar-refractivity contribution in [1.29, 1.82) is 0 Å². The molecule has 1 rings (SSSR count). The molecule has 0 aromatic carbocycles. The van der Waals surface area contributed by atoms with E-state index in [4.69, 9.17) is 0 Å². The minimum atomic E-state index is 0.453. The summed E-state index contributed by atoms with van der Waals surface area (Å²) in [6, 6.07) is 0. The van der Waals surface area contributed by atoms with Gasteiger partial charge in [-0.3, -0.25) is 0 Å². The monoisotopic (exact) mass is 192 g/mol. The van der Waals surface area contributed by atoms with Crippen LogP contribution in [0.5, 0.6) is 0 Å². The Bertz CT molecular complexity index is 209. The van der Waals surface area contributed by atoms with Crippen molar-refractivity contribution in [3.8, 4) is 0 Å². The fourth-order valence-corrected chi connectivity index (χ4v) is 2.90. The molecule has 0 N–H and O–H groups in total. The van der Waals surface area contributed by atoms with E-state index < -0.39 is 0 Å². The van der Waals surface area contributed by atoms with Gasteiger partial charge in [0.15, 0.2) is 0 Å². The molecule has 0 aliphatic heterocycles. The molecule has 0 saturated heterocycles. The molecule has 1 heteroatoms. The number of hydrogen-bond donors (Lipinski definition) is 0. The van der Waals surface area contributed by atoms with Gasteiger partial charge in [0.2, 0.25) is 0 Å². The van der Waals surface area contributed by atoms with Crippen LogP contribution in [0.2, 0.25) is 5.31 Å². The van der Waals surface area contributed by atoms with E-state index in [1.807, 2.05) is 0 Å². The van der Waals surface area contributed by atoms with Crippen LogP contribution in [0.3, 0.4) is 0 Å². The molecule has 0 radical (unpaired) electrons. The fraction of sp³-hybridized carbons (Fsp3) is 0.923. The number of unbranched alkanes of at least 4 members (excludes halogenated alkanes) is 1. The molecule has 0 heterocycles. The third kappa shape index (κ3) is 2.12. The first-order valence-electron chi connectivity index (χ1n) is 6.20. The maximum absolute atomic E-state index is 2.50. The third-order valence-electron chi connectivity index (χ3n) is 4.55. The van der Waals surface area contributed by atoms with E-state index in [-0.39, 0.29) is 0 Å². The van der Waals surface area contributed by atoms with Crippen LogP contribution in [0.1, 0.15) is 53.9 Å².